The number of aliphatic hydroxyl groups excluding tert-OH is 1. The highest BCUT2D eigenvalue weighted by Crippen LogP contribution is 2.44. The highest BCUT2D eigenvalue weighted by Gasteiger charge is 2.58. The maximum Gasteiger partial charge on any atom is 0.458 e. The lowest BCUT2D eigenvalue weighted by Crippen LogP contribution is -2.45. The molecule has 37 heavy (non-hydrogen) atoms. The van der Waals surface area contributed by atoms with Crippen LogP contribution in [0.5, 0.6) is 11.5 Å². The van der Waals surface area contributed by atoms with Gasteiger partial charge in [0.2, 0.25) is 6.23 Å². The number of ether oxygens (including phenoxy) is 1. The highest BCUT2D eigenvalue weighted by atomic mass is 35.5. The summed E-state index contributed by atoms with van der Waals surface area (Å²) in [6.07, 6.45) is -13.6. The first kappa shape index (κ1) is 28.5. The van der Waals surface area contributed by atoms with E-state index in [9.17, 15) is 40.2 Å². The van der Waals surface area contributed by atoms with Crippen molar-refractivity contribution >= 4 is 17.3 Å². The maximum atomic E-state index is 13.8. The number of rotatable bonds is 8. The van der Waals surface area contributed by atoms with Crippen molar-refractivity contribution in [3.63, 3.8) is 0 Å². The first-order chi connectivity index (χ1) is 17.1. The van der Waals surface area contributed by atoms with Crippen LogP contribution >= 0.6 is 11.6 Å². The van der Waals surface area contributed by atoms with E-state index in [-0.39, 0.29) is 17.0 Å². The molecule has 3 nitrogen and oxygen atoms in total. The maximum absolute atomic E-state index is 13.8. The summed E-state index contributed by atoms with van der Waals surface area (Å²) in [4.78, 5) is 0.414. The lowest BCUT2D eigenvalue weighted by atomic mass is 10.0. The first-order valence-electron chi connectivity index (χ1n) is 10.7. The quantitative estimate of drug-likeness (QED) is 0.225. The number of aliphatic hydroxyl groups is 1. The van der Waals surface area contributed by atoms with Gasteiger partial charge in [0, 0.05) is 28.9 Å². The van der Waals surface area contributed by atoms with Crippen molar-refractivity contribution < 1.29 is 45.0 Å². The number of alkyl halides is 8. The zero-order valence-electron chi connectivity index (χ0n) is 19.0. The molecule has 3 aromatic carbocycles. The molecule has 0 aliphatic heterocycles. The van der Waals surface area contributed by atoms with E-state index >= 15 is 0 Å². The Morgan fingerprint density at radius 1 is 0.865 bits per heavy atom. The Kier molecular flexibility index (Phi) is 8.28. The number of aryl methyl sites for hydroxylation is 1. The van der Waals surface area contributed by atoms with E-state index in [4.69, 9.17) is 16.3 Å². The number of benzene rings is 3. The second-order valence-corrected chi connectivity index (χ2v) is 8.43. The largest absolute Gasteiger partial charge is 0.458 e. The lowest BCUT2D eigenvalue weighted by molar-refractivity contribution is -0.289. The molecule has 0 spiro atoms. The SMILES string of the molecule is CCc1cc(Oc2cccc(N(Cc3cccc(C(F)(F)C(F)(F)F)c3)[C@@H](O)C(F)(F)F)c2)ccc1Cl. The number of halogens is 9. The highest BCUT2D eigenvalue weighted by molar-refractivity contribution is 6.31. The Bertz CT molecular complexity index is 1230. The van der Waals surface area contributed by atoms with Gasteiger partial charge in [0.25, 0.3) is 0 Å². The molecule has 1 N–H and O–H groups in total. The fourth-order valence-electron chi connectivity index (χ4n) is 3.47. The van der Waals surface area contributed by atoms with E-state index < -0.39 is 36.6 Å². The third-order valence-corrected chi connectivity index (χ3v) is 5.74. The molecular formula is C25H20ClF8NO2. The predicted octanol–water partition coefficient (Wildman–Crippen LogP) is 8.24. The van der Waals surface area contributed by atoms with Crippen LogP contribution in [-0.2, 0) is 18.9 Å². The minimum atomic E-state index is -5.90. The van der Waals surface area contributed by atoms with Gasteiger partial charge in [-0.15, -0.1) is 0 Å². The van der Waals surface area contributed by atoms with Gasteiger partial charge >= 0.3 is 18.3 Å². The van der Waals surface area contributed by atoms with Crippen LogP contribution in [0.1, 0.15) is 23.6 Å². The molecule has 0 aliphatic rings. The molecule has 200 valence electrons. The number of hydrogen-bond acceptors (Lipinski definition) is 3. The van der Waals surface area contributed by atoms with E-state index in [2.05, 4.69) is 0 Å². The molecule has 0 radical (unpaired) electrons. The van der Waals surface area contributed by atoms with Crippen molar-refractivity contribution in [2.75, 3.05) is 4.90 Å². The Morgan fingerprint density at radius 2 is 1.51 bits per heavy atom. The fourth-order valence-corrected chi connectivity index (χ4v) is 3.72. The molecule has 1 atom stereocenters. The molecular weight excluding hydrogens is 534 g/mol. The van der Waals surface area contributed by atoms with Gasteiger partial charge in [0.1, 0.15) is 11.5 Å². The predicted molar refractivity (Wildman–Crippen MR) is 122 cm³/mol. The van der Waals surface area contributed by atoms with E-state index in [0.29, 0.717) is 34.2 Å². The zero-order valence-corrected chi connectivity index (χ0v) is 19.8. The summed E-state index contributed by atoms with van der Waals surface area (Å²) in [7, 11) is 0. The van der Waals surface area contributed by atoms with E-state index in [1.807, 2.05) is 6.92 Å². The minimum Gasteiger partial charge on any atom is -0.457 e. The normalized spacial score (nSPS) is 13.4. The molecule has 0 amide bonds. The smallest absolute Gasteiger partial charge is 0.457 e. The molecule has 0 aromatic heterocycles. The van der Waals surface area contributed by atoms with Crippen molar-refractivity contribution in [2.24, 2.45) is 0 Å². The van der Waals surface area contributed by atoms with E-state index in [1.165, 1.54) is 24.3 Å². The summed E-state index contributed by atoms with van der Waals surface area (Å²) in [5.41, 5.74) is -1.22. The summed E-state index contributed by atoms with van der Waals surface area (Å²) >= 11 is 6.08. The summed E-state index contributed by atoms with van der Waals surface area (Å²) in [6.45, 7) is 1.02. The van der Waals surface area contributed by atoms with Crippen LogP contribution in [0, 0.1) is 0 Å². The average Bonchev–Trinajstić information content (AvgIpc) is 2.82. The van der Waals surface area contributed by atoms with Gasteiger partial charge in [0.05, 0.1) is 0 Å². The fraction of sp³-hybridized carbons (Fsp3) is 0.280. The van der Waals surface area contributed by atoms with Gasteiger partial charge in [-0.2, -0.15) is 35.1 Å². The van der Waals surface area contributed by atoms with Crippen LogP contribution in [0.4, 0.5) is 40.8 Å². The topological polar surface area (TPSA) is 32.7 Å². The Labute approximate surface area is 211 Å². The molecule has 0 unspecified atom stereocenters. The second-order valence-electron chi connectivity index (χ2n) is 8.02. The number of nitrogens with zero attached hydrogens (tertiary/aromatic N) is 1. The van der Waals surface area contributed by atoms with Crippen LogP contribution in [0.25, 0.3) is 0 Å². The van der Waals surface area contributed by atoms with E-state index in [0.717, 1.165) is 17.7 Å². The molecule has 0 saturated heterocycles. The molecule has 0 saturated carbocycles. The van der Waals surface area contributed by atoms with Gasteiger partial charge < -0.3 is 14.7 Å². The van der Waals surface area contributed by atoms with Gasteiger partial charge in [-0.25, -0.2) is 0 Å². The Morgan fingerprint density at radius 3 is 2.14 bits per heavy atom. The third-order valence-electron chi connectivity index (χ3n) is 5.37. The van der Waals surface area contributed by atoms with Gasteiger partial charge in [0.15, 0.2) is 0 Å². The van der Waals surface area contributed by atoms with Crippen molar-refractivity contribution in [1.82, 2.24) is 0 Å². The molecule has 0 aliphatic carbocycles. The van der Waals surface area contributed by atoms with Crippen molar-refractivity contribution in [3.8, 4) is 11.5 Å². The molecule has 3 aromatic rings. The summed E-state index contributed by atoms with van der Waals surface area (Å²) < 4.78 is 112. The molecule has 0 fully saturated rings. The monoisotopic (exact) mass is 553 g/mol. The van der Waals surface area contributed by atoms with Crippen molar-refractivity contribution in [1.29, 1.82) is 0 Å². The summed E-state index contributed by atoms with van der Waals surface area (Å²) in [6, 6.07) is 12.8. The lowest BCUT2D eigenvalue weighted by Gasteiger charge is -2.32. The van der Waals surface area contributed by atoms with Crippen molar-refractivity contribution in [3.05, 3.63) is 88.4 Å². The van der Waals surface area contributed by atoms with Crippen LogP contribution < -0.4 is 9.64 Å². The average molecular weight is 554 g/mol. The minimum absolute atomic E-state index is 0.0820. The van der Waals surface area contributed by atoms with Crippen LogP contribution in [-0.4, -0.2) is 23.7 Å². The molecule has 0 bridgehead atoms. The number of hydrogen-bond donors (Lipinski definition) is 1. The molecule has 0 heterocycles. The van der Waals surface area contributed by atoms with Gasteiger partial charge in [-0.3, -0.25) is 0 Å². The molecule has 3 rings (SSSR count). The Balaban J connectivity index is 1.97. The van der Waals surface area contributed by atoms with Gasteiger partial charge in [-0.05, 0) is 53.9 Å². The van der Waals surface area contributed by atoms with Crippen LogP contribution in [0.2, 0.25) is 5.02 Å². The van der Waals surface area contributed by atoms with Gasteiger partial charge in [-0.1, -0.05) is 42.8 Å². The van der Waals surface area contributed by atoms with Crippen LogP contribution in [0.3, 0.4) is 0 Å². The first-order valence-corrected chi connectivity index (χ1v) is 11.1. The summed E-state index contributed by atoms with van der Waals surface area (Å²) in [5.74, 6) is -4.80. The Hall–Kier alpha value is -3.05. The number of anilines is 1. The van der Waals surface area contributed by atoms with Crippen LogP contribution in [0.15, 0.2) is 66.7 Å². The van der Waals surface area contributed by atoms with Crippen molar-refractivity contribution in [2.45, 2.75) is 44.4 Å². The zero-order chi connectivity index (χ0) is 27.6. The van der Waals surface area contributed by atoms with E-state index in [1.54, 1.807) is 18.2 Å². The third kappa shape index (κ3) is 6.64. The standard InChI is InChI=1S/C25H20ClF8NO2/c1-2-16-12-20(9-10-21(16)26)37-19-8-4-7-18(13-19)35(22(36)24(29,30)31)14-15-5-3-6-17(11-15)23(27,28)25(32,33)34/h3-13,22,36H,2,14H2,1H3/t22-/m0/s1. The molecule has 12 heteroatoms. The second kappa shape index (κ2) is 10.7. The summed E-state index contributed by atoms with van der Waals surface area (Å²) in [5, 5.41) is 10.5.